The molecule has 0 aromatic heterocycles. The Balaban J connectivity index is 1.59. The van der Waals surface area contributed by atoms with Crippen molar-refractivity contribution < 1.29 is 14.3 Å². The van der Waals surface area contributed by atoms with Gasteiger partial charge in [-0.1, -0.05) is 22.9 Å². The van der Waals surface area contributed by atoms with Gasteiger partial charge in [-0.25, -0.2) is 4.39 Å². The average molecular weight is 415 g/mol. The Morgan fingerprint density at radius 2 is 1.84 bits per heavy atom. The van der Waals surface area contributed by atoms with E-state index in [1.165, 1.54) is 0 Å². The molecular weight excluding hydrogens is 383 g/mol. The molecule has 0 aromatic rings. The molecule has 4 aliphatic rings. The third kappa shape index (κ3) is 2.68. The molecule has 1 N–H and O–H groups in total. The van der Waals surface area contributed by atoms with E-state index in [1.807, 2.05) is 6.92 Å². The van der Waals surface area contributed by atoms with Crippen LogP contribution in [0.3, 0.4) is 0 Å². The summed E-state index contributed by atoms with van der Waals surface area (Å²) in [5.74, 6) is 1.65. The summed E-state index contributed by atoms with van der Waals surface area (Å²) in [7, 11) is 0. The molecule has 142 valence electrons. The molecule has 4 saturated carbocycles. The maximum Gasteiger partial charge on any atom is 0.147 e. The number of carbonyl (C=O) groups excluding carboxylic acids is 1. The molecule has 25 heavy (non-hydrogen) atoms. The zero-order chi connectivity index (χ0) is 18.0. The van der Waals surface area contributed by atoms with Gasteiger partial charge in [0.15, 0.2) is 0 Å². The van der Waals surface area contributed by atoms with Gasteiger partial charge in [0.05, 0.1) is 10.9 Å². The van der Waals surface area contributed by atoms with Gasteiger partial charge in [0.1, 0.15) is 11.5 Å². The molecular formula is C21H32BrFO2. The van der Waals surface area contributed by atoms with Crippen molar-refractivity contribution in [2.24, 2.45) is 35.0 Å². The molecule has 0 aliphatic heterocycles. The zero-order valence-electron chi connectivity index (χ0n) is 15.6. The summed E-state index contributed by atoms with van der Waals surface area (Å²) in [4.78, 5) is 12.4. The smallest absolute Gasteiger partial charge is 0.147 e. The lowest BCUT2D eigenvalue weighted by Crippen LogP contribution is -2.58. The second-order valence-electron chi connectivity index (χ2n) is 10.1. The number of aliphatic hydroxyl groups is 1. The maximum atomic E-state index is 16.2. The van der Waals surface area contributed by atoms with Gasteiger partial charge < -0.3 is 5.11 Å². The number of ketones is 1. The molecule has 4 fully saturated rings. The fourth-order valence-corrected chi connectivity index (χ4v) is 7.99. The predicted molar refractivity (Wildman–Crippen MR) is 100 cm³/mol. The van der Waals surface area contributed by atoms with Crippen LogP contribution in [-0.2, 0) is 4.79 Å². The molecule has 0 heterocycles. The van der Waals surface area contributed by atoms with E-state index < -0.39 is 11.3 Å². The molecule has 4 rings (SSSR count). The van der Waals surface area contributed by atoms with Crippen molar-refractivity contribution >= 4 is 21.7 Å². The standard InChI is InChI=1S/C21H32BrFO2/c1-19(25)9-10-21(23)13(11-19)3-4-14-15-5-6-17(18(24)12-22)20(15,2)8-7-16(14)21/h13-17,25H,3-12H2,1-2H3/t13-,14+,15+,16?,17-,19-,20+,21-/m1/s1. The minimum Gasteiger partial charge on any atom is -0.390 e. The lowest BCUT2D eigenvalue weighted by atomic mass is 9.48. The fraction of sp³-hybridized carbons (Fsp3) is 0.952. The van der Waals surface area contributed by atoms with Gasteiger partial charge in [-0.15, -0.1) is 0 Å². The Morgan fingerprint density at radius 3 is 2.56 bits per heavy atom. The predicted octanol–water partition coefficient (Wildman–Crippen LogP) is 5.06. The van der Waals surface area contributed by atoms with Crippen LogP contribution in [0.2, 0.25) is 0 Å². The third-order valence-corrected chi connectivity index (χ3v) is 9.39. The maximum absolute atomic E-state index is 16.2. The van der Waals surface area contributed by atoms with Crippen LogP contribution in [0.25, 0.3) is 0 Å². The Morgan fingerprint density at radius 1 is 1.08 bits per heavy atom. The van der Waals surface area contributed by atoms with Crippen molar-refractivity contribution in [3.8, 4) is 0 Å². The molecule has 0 spiro atoms. The second-order valence-corrected chi connectivity index (χ2v) is 10.6. The number of alkyl halides is 2. The van der Waals surface area contributed by atoms with Gasteiger partial charge in [0.2, 0.25) is 0 Å². The molecule has 2 nitrogen and oxygen atoms in total. The summed E-state index contributed by atoms with van der Waals surface area (Å²) < 4.78 is 16.2. The Hall–Kier alpha value is 0.0400. The number of hydrogen-bond acceptors (Lipinski definition) is 2. The molecule has 0 bridgehead atoms. The molecule has 0 aromatic carbocycles. The van der Waals surface area contributed by atoms with E-state index in [2.05, 4.69) is 22.9 Å². The van der Waals surface area contributed by atoms with Gasteiger partial charge in [-0.05, 0) is 93.8 Å². The summed E-state index contributed by atoms with van der Waals surface area (Å²) in [6.45, 7) is 4.19. The molecule has 4 heteroatoms. The topological polar surface area (TPSA) is 37.3 Å². The van der Waals surface area contributed by atoms with E-state index in [4.69, 9.17) is 0 Å². The first kappa shape index (κ1) is 18.4. The third-order valence-electron chi connectivity index (χ3n) is 8.83. The molecule has 0 saturated heterocycles. The van der Waals surface area contributed by atoms with Gasteiger partial charge in [0, 0.05) is 5.92 Å². The van der Waals surface area contributed by atoms with Crippen LogP contribution >= 0.6 is 15.9 Å². The summed E-state index contributed by atoms with van der Waals surface area (Å²) in [6.07, 6.45) is 7.76. The Bertz CT molecular complexity index is 564. The van der Waals surface area contributed by atoms with E-state index in [-0.39, 0.29) is 23.2 Å². The highest BCUT2D eigenvalue weighted by Crippen LogP contribution is 2.66. The SMILES string of the molecule is C[C@@]1(O)CC[C@]2(F)C3CC[C@]4(C)[C@@H](C(=O)CBr)CC[C@H]4[C@@H]3CC[C@@H]2C1. The highest BCUT2D eigenvalue weighted by atomic mass is 79.9. The van der Waals surface area contributed by atoms with Crippen LogP contribution < -0.4 is 0 Å². The lowest BCUT2D eigenvalue weighted by Gasteiger charge is -2.59. The fourth-order valence-electron chi connectivity index (χ4n) is 7.60. The van der Waals surface area contributed by atoms with Crippen molar-refractivity contribution in [2.45, 2.75) is 82.9 Å². The average Bonchev–Trinajstić information content (AvgIpc) is 2.92. The Labute approximate surface area is 159 Å². The summed E-state index contributed by atoms with van der Waals surface area (Å²) in [5, 5.41) is 10.9. The normalized spacial score (nSPS) is 55.2. The van der Waals surface area contributed by atoms with E-state index >= 15 is 4.39 Å². The van der Waals surface area contributed by atoms with E-state index in [0.717, 1.165) is 38.5 Å². The first-order valence-electron chi connectivity index (χ1n) is 10.2. The van der Waals surface area contributed by atoms with Crippen LogP contribution in [0.5, 0.6) is 0 Å². The van der Waals surface area contributed by atoms with E-state index in [1.54, 1.807) is 0 Å². The van der Waals surface area contributed by atoms with Crippen molar-refractivity contribution in [1.29, 1.82) is 0 Å². The number of fused-ring (bicyclic) bond motifs is 5. The molecule has 0 amide bonds. The van der Waals surface area contributed by atoms with Crippen molar-refractivity contribution in [3.05, 3.63) is 0 Å². The van der Waals surface area contributed by atoms with E-state index in [9.17, 15) is 9.90 Å². The molecule has 0 radical (unpaired) electrons. The number of rotatable bonds is 2. The second kappa shape index (κ2) is 6.02. The zero-order valence-corrected chi connectivity index (χ0v) is 17.2. The minimum atomic E-state index is -1.08. The minimum absolute atomic E-state index is 0.0308. The summed E-state index contributed by atoms with van der Waals surface area (Å²) in [5.41, 5.74) is -1.68. The van der Waals surface area contributed by atoms with Gasteiger partial charge in [-0.2, -0.15) is 0 Å². The quantitative estimate of drug-likeness (QED) is 0.640. The summed E-state index contributed by atoms with van der Waals surface area (Å²) in [6, 6.07) is 0. The van der Waals surface area contributed by atoms with Crippen LogP contribution in [-0.4, -0.2) is 27.5 Å². The first-order chi connectivity index (χ1) is 11.7. The van der Waals surface area contributed by atoms with Crippen LogP contribution in [0, 0.1) is 35.0 Å². The van der Waals surface area contributed by atoms with Crippen LogP contribution in [0.15, 0.2) is 0 Å². The lowest BCUT2D eigenvalue weighted by molar-refractivity contribution is -0.165. The Kier molecular flexibility index (Phi) is 4.43. The van der Waals surface area contributed by atoms with Crippen molar-refractivity contribution in [3.63, 3.8) is 0 Å². The van der Waals surface area contributed by atoms with Crippen molar-refractivity contribution in [1.82, 2.24) is 0 Å². The number of Topliss-reactive ketones (excluding diaryl/α,β-unsaturated/α-hetero) is 1. The van der Waals surface area contributed by atoms with E-state index in [0.29, 0.717) is 42.2 Å². The number of carbonyl (C=O) groups is 1. The summed E-state index contributed by atoms with van der Waals surface area (Å²) >= 11 is 3.37. The van der Waals surface area contributed by atoms with Gasteiger partial charge in [-0.3, -0.25) is 4.79 Å². The molecule has 8 atom stereocenters. The van der Waals surface area contributed by atoms with Gasteiger partial charge in [0.25, 0.3) is 0 Å². The number of hydrogen-bond donors (Lipinski definition) is 1. The highest BCUT2D eigenvalue weighted by Gasteiger charge is 2.63. The first-order valence-corrected chi connectivity index (χ1v) is 11.3. The molecule has 4 aliphatic carbocycles. The number of halogens is 2. The van der Waals surface area contributed by atoms with Crippen molar-refractivity contribution in [2.75, 3.05) is 5.33 Å². The molecule has 1 unspecified atom stereocenters. The highest BCUT2D eigenvalue weighted by molar-refractivity contribution is 9.09. The van der Waals surface area contributed by atoms with Crippen LogP contribution in [0.1, 0.15) is 71.6 Å². The monoisotopic (exact) mass is 414 g/mol. The van der Waals surface area contributed by atoms with Gasteiger partial charge >= 0.3 is 0 Å². The van der Waals surface area contributed by atoms with Crippen LogP contribution in [0.4, 0.5) is 4.39 Å². The largest absolute Gasteiger partial charge is 0.390 e.